The number of hydrogen-bond donors (Lipinski definition) is 1. The van der Waals surface area contributed by atoms with Crippen LogP contribution in [-0.4, -0.2) is 16.5 Å². The summed E-state index contributed by atoms with van der Waals surface area (Å²) in [7, 11) is 0. The summed E-state index contributed by atoms with van der Waals surface area (Å²) in [6.07, 6.45) is 0. The molecule has 2 aromatic rings. The highest BCUT2D eigenvalue weighted by Crippen LogP contribution is 2.13. The SMILES string of the molecule is CC(C)C(=NNC(=O)c1cccc([N+](=O)[O-])c1)c1ccccc1. The number of amides is 1. The molecule has 6 nitrogen and oxygen atoms in total. The topological polar surface area (TPSA) is 84.6 Å². The van der Waals surface area contributed by atoms with E-state index in [0.29, 0.717) is 0 Å². The van der Waals surface area contributed by atoms with Gasteiger partial charge in [0.15, 0.2) is 0 Å². The highest BCUT2D eigenvalue weighted by molar-refractivity contribution is 6.03. The summed E-state index contributed by atoms with van der Waals surface area (Å²) >= 11 is 0. The van der Waals surface area contributed by atoms with Crippen molar-refractivity contribution in [1.29, 1.82) is 0 Å². The van der Waals surface area contributed by atoms with Crippen molar-refractivity contribution in [3.63, 3.8) is 0 Å². The maximum absolute atomic E-state index is 12.1. The van der Waals surface area contributed by atoms with Crippen LogP contribution in [0.15, 0.2) is 59.7 Å². The first-order valence-electron chi connectivity index (χ1n) is 7.17. The molecular weight excluding hydrogens is 294 g/mol. The molecule has 2 aromatic carbocycles. The largest absolute Gasteiger partial charge is 0.271 e. The van der Waals surface area contributed by atoms with Crippen LogP contribution in [0.5, 0.6) is 0 Å². The zero-order valence-corrected chi connectivity index (χ0v) is 12.9. The van der Waals surface area contributed by atoms with Crippen molar-refractivity contribution in [2.45, 2.75) is 13.8 Å². The van der Waals surface area contributed by atoms with E-state index in [1.807, 2.05) is 44.2 Å². The van der Waals surface area contributed by atoms with Crippen molar-refractivity contribution < 1.29 is 9.72 Å². The third kappa shape index (κ3) is 4.23. The molecule has 0 atom stereocenters. The van der Waals surface area contributed by atoms with E-state index >= 15 is 0 Å². The average molecular weight is 311 g/mol. The lowest BCUT2D eigenvalue weighted by Gasteiger charge is -2.10. The lowest BCUT2D eigenvalue weighted by atomic mass is 10.0. The second-order valence-electron chi connectivity index (χ2n) is 5.27. The number of benzene rings is 2. The normalized spacial score (nSPS) is 11.3. The lowest BCUT2D eigenvalue weighted by Crippen LogP contribution is -2.22. The van der Waals surface area contributed by atoms with Crippen LogP contribution < -0.4 is 5.43 Å². The number of nitrogens with zero attached hydrogens (tertiary/aromatic N) is 2. The number of nitro groups is 1. The molecule has 0 aliphatic carbocycles. The Morgan fingerprint density at radius 2 is 1.74 bits per heavy atom. The molecule has 2 rings (SSSR count). The summed E-state index contributed by atoms with van der Waals surface area (Å²) in [4.78, 5) is 22.4. The van der Waals surface area contributed by atoms with Gasteiger partial charge in [0.2, 0.25) is 0 Å². The quantitative estimate of drug-likeness (QED) is 0.522. The van der Waals surface area contributed by atoms with Gasteiger partial charge in [-0.05, 0) is 17.5 Å². The molecule has 0 saturated carbocycles. The molecular formula is C17H17N3O3. The Hall–Kier alpha value is -3.02. The number of hydrogen-bond acceptors (Lipinski definition) is 4. The highest BCUT2D eigenvalue weighted by Gasteiger charge is 2.13. The minimum absolute atomic E-state index is 0.114. The van der Waals surface area contributed by atoms with Crippen LogP contribution in [0.2, 0.25) is 0 Å². The summed E-state index contributed by atoms with van der Waals surface area (Å²) in [6.45, 7) is 3.96. The van der Waals surface area contributed by atoms with Crippen LogP contribution in [0.1, 0.15) is 29.8 Å². The highest BCUT2D eigenvalue weighted by atomic mass is 16.6. The van der Waals surface area contributed by atoms with Crippen molar-refractivity contribution in [2.75, 3.05) is 0 Å². The standard InChI is InChI=1S/C17H17N3O3/c1-12(2)16(13-7-4-3-5-8-13)18-19-17(21)14-9-6-10-15(11-14)20(22)23/h3-12H,1-2H3,(H,19,21). The first-order valence-corrected chi connectivity index (χ1v) is 7.17. The smallest absolute Gasteiger partial charge is 0.267 e. The fraction of sp³-hybridized carbons (Fsp3) is 0.176. The average Bonchev–Trinajstić information content (AvgIpc) is 2.55. The van der Waals surface area contributed by atoms with Gasteiger partial charge in [-0.3, -0.25) is 14.9 Å². The Morgan fingerprint density at radius 3 is 2.35 bits per heavy atom. The van der Waals surface area contributed by atoms with Gasteiger partial charge in [0.05, 0.1) is 10.6 Å². The molecule has 23 heavy (non-hydrogen) atoms. The van der Waals surface area contributed by atoms with E-state index in [2.05, 4.69) is 10.5 Å². The zero-order chi connectivity index (χ0) is 16.8. The van der Waals surface area contributed by atoms with Gasteiger partial charge in [-0.2, -0.15) is 5.10 Å². The molecule has 0 fully saturated rings. The predicted octanol–water partition coefficient (Wildman–Crippen LogP) is 3.38. The minimum atomic E-state index is -0.538. The van der Waals surface area contributed by atoms with Gasteiger partial charge in [0.1, 0.15) is 0 Å². The van der Waals surface area contributed by atoms with E-state index < -0.39 is 10.8 Å². The molecule has 118 valence electrons. The first-order chi connectivity index (χ1) is 11.0. The maximum Gasteiger partial charge on any atom is 0.271 e. The second kappa shape index (κ2) is 7.31. The molecule has 6 heteroatoms. The van der Waals surface area contributed by atoms with E-state index in [1.165, 1.54) is 24.3 Å². The van der Waals surface area contributed by atoms with Gasteiger partial charge in [0.25, 0.3) is 11.6 Å². The molecule has 0 spiro atoms. The summed E-state index contributed by atoms with van der Waals surface area (Å²) in [5.41, 5.74) is 4.19. The van der Waals surface area contributed by atoms with Crippen molar-refractivity contribution in [3.8, 4) is 0 Å². The molecule has 0 aliphatic rings. The third-order valence-corrected chi connectivity index (χ3v) is 3.21. The lowest BCUT2D eigenvalue weighted by molar-refractivity contribution is -0.384. The Balaban J connectivity index is 2.21. The van der Waals surface area contributed by atoms with Gasteiger partial charge in [-0.1, -0.05) is 50.2 Å². The summed E-state index contributed by atoms with van der Waals surface area (Å²) in [5.74, 6) is -0.370. The van der Waals surface area contributed by atoms with E-state index in [9.17, 15) is 14.9 Å². The minimum Gasteiger partial charge on any atom is -0.267 e. The molecule has 0 radical (unpaired) electrons. The monoisotopic (exact) mass is 311 g/mol. The summed E-state index contributed by atoms with van der Waals surface area (Å²) in [6, 6.07) is 15.1. The second-order valence-corrected chi connectivity index (χ2v) is 5.27. The van der Waals surface area contributed by atoms with Gasteiger partial charge in [0, 0.05) is 17.7 Å². The number of carbonyl (C=O) groups is 1. The van der Waals surface area contributed by atoms with Gasteiger partial charge in [-0.15, -0.1) is 0 Å². The Bertz CT molecular complexity index is 740. The number of nitrogens with one attached hydrogen (secondary N) is 1. The number of carbonyl (C=O) groups excluding carboxylic acids is 1. The molecule has 0 heterocycles. The molecule has 0 bridgehead atoms. The van der Waals surface area contributed by atoms with E-state index in [0.717, 1.165) is 11.3 Å². The Morgan fingerprint density at radius 1 is 1.09 bits per heavy atom. The first kappa shape index (κ1) is 16.4. The predicted molar refractivity (Wildman–Crippen MR) is 88.4 cm³/mol. The molecule has 0 aromatic heterocycles. The van der Waals surface area contributed by atoms with Gasteiger partial charge < -0.3 is 0 Å². The van der Waals surface area contributed by atoms with Crippen molar-refractivity contribution >= 4 is 17.3 Å². The molecule has 0 aliphatic heterocycles. The summed E-state index contributed by atoms with van der Waals surface area (Å²) < 4.78 is 0. The van der Waals surface area contributed by atoms with E-state index in [1.54, 1.807) is 0 Å². The van der Waals surface area contributed by atoms with Crippen LogP contribution in [0.3, 0.4) is 0 Å². The summed E-state index contributed by atoms with van der Waals surface area (Å²) in [5, 5.41) is 15.0. The molecule has 1 amide bonds. The van der Waals surface area contributed by atoms with E-state index in [4.69, 9.17) is 0 Å². The van der Waals surface area contributed by atoms with Crippen LogP contribution in [0.4, 0.5) is 5.69 Å². The van der Waals surface area contributed by atoms with Crippen LogP contribution >= 0.6 is 0 Å². The Kier molecular flexibility index (Phi) is 5.19. The van der Waals surface area contributed by atoms with E-state index in [-0.39, 0.29) is 17.2 Å². The van der Waals surface area contributed by atoms with Crippen LogP contribution in [-0.2, 0) is 0 Å². The van der Waals surface area contributed by atoms with Crippen LogP contribution in [0.25, 0.3) is 0 Å². The number of rotatable bonds is 5. The van der Waals surface area contributed by atoms with Gasteiger partial charge in [-0.25, -0.2) is 5.43 Å². The third-order valence-electron chi connectivity index (χ3n) is 3.21. The maximum atomic E-state index is 12.1. The number of nitro benzene ring substituents is 1. The van der Waals surface area contributed by atoms with Crippen molar-refractivity contribution in [3.05, 3.63) is 75.8 Å². The number of non-ortho nitro benzene ring substituents is 1. The molecule has 1 N–H and O–H groups in total. The van der Waals surface area contributed by atoms with Crippen molar-refractivity contribution in [2.24, 2.45) is 11.0 Å². The zero-order valence-electron chi connectivity index (χ0n) is 12.9. The number of hydrazone groups is 1. The molecule has 0 unspecified atom stereocenters. The Labute approximate surface area is 134 Å². The van der Waals surface area contributed by atoms with Crippen LogP contribution in [0, 0.1) is 16.0 Å². The van der Waals surface area contributed by atoms with Gasteiger partial charge >= 0.3 is 0 Å². The molecule has 0 saturated heterocycles. The fourth-order valence-corrected chi connectivity index (χ4v) is 2.07. The fourth-order valence-electron chi connectivity index (χ4n) is 2.07. The van der Waals surface area contributed by atoms with Crippen molar-refractivity contribution in [1.82, 2.24) is 5.43 Å².